The van der Waals surface area contributed by atoms with Gasteiger partial charge in [0.15, 0.2) is 0 Å². The van der Waals surface area contributed by atoms with Crippen LogP contribution in [0.2, 0.25) is 0 Å². The highest BCUT2D eigenvalue weighted by atomic mass is 16.4. The lowest BCUT2D eigenvalue weighted by Gasteiger charge is -2.28. The molecule has 0 radical (unpaired) electrons. The first kappa shape index (κ1) is 13.7. The van der Waals surface area contributed by atoms with E-state index in [2.05, 4.69) is 0 Å². The molecule has 1 aliphatic heterocycles. The van der Waals surface area contributed by atoms with Crippen LogP contribution in [0.4, 0.5) is 0 Å². The Kier molecular flexibility index (Phi) is 3.91. The van der Waals surface area contributed by atoms with Crippen molar-refractivity contribution in [3.8, 4) is 0 Å². The lowest BCUT2D eigenvalue weighted by atomic mass is 9.84. The largest absolute Gasteiger partial charge is 0.548 e. The number of rotatable bonds is 4. The number of carbonyl (C=O) groups is 3. The van der Waals surface area contributed by atoms with Crippen molar-refractivity contribution >= 4 is 17.7 Å². The second-order valence-corrected chi connectivity index (χ2v) is 5.04. The maximum atomic E-state index is 12.0. The van der Waals surface area contributed by atoms with Gasteiger partial charge in [-0.15, -0.1) is 0 Å². The van der Waals surface area contributed by atoms with E-state index in [4.69, 9.17) is 0 Å². The molecule has 0 aromatic heterocycles. The molecule has 5 heteroatoms. The van der Waals surface area contributed by atoms with Gasteiger partial charge in [-0.25, -0.2) is 0 Å². The summed E-state index contributed by atoms with van der Waals surface area (Å²) in [5.74, 6) is -2.49. The van der Waals surface area contributed by atoms with Gasteiger partial charge < -0.3 is 14.8 Å². The van der Waals surface area contributed by atoms with Crippen LogP contribution in [0.1, 0.15) is 40.0 Å². The van der Waals surface area contributed by atoms with E-state index in [1.54, 1.807) is 13.8 Å². The standard InChI is InChI=1S/C12H19NO4/c1-4-12(2,3)9(14)10(15)13-7-5-6-8(13)11(16)17/h8H,4-7H2,1-3H3,(H,16,17)/p-1. The fraction of sp³-hybridized carbons (Fsp3) is 0.750. The van der Waals surface area contributed by atoms with Crippen LogP contribution in [0, 0.1) is 5.41 Å². The van der Waals surface area contributed by atoms with Crippen molar-refractivity contribution in [1.82, 2.24) is 4.90 Å². The molecule has 0 aromatic carbocycles. The number of nitrogens with zero attached hydrogens (tertiary/aromatic N) is 1. The molecular formula is C12H18NO4-. The van der Waals surface area contributed by atoms with Crippen molar-refractivity contribution in [2.45, 2.75) is 46.1 Å². The van der Waals surface area contributed by atoms with Crippen LogP contribution in [0.3, 0.4) is 0 Å². The molecule has 1 heterocycles. The smallest absolute Gasteiger partial charge is 0.291 e. The first-order chi connectivity index (χ1) is 7.81. The predicted octanol–water partition coefficient (Wildman–Crippen LogP) is -0.267. The molecule has 1 aliphatic rings. The third-order valence-electron chi connectivity index (χ3n) is 3.48. The Bertz CT molecular complexity index is 348. The SMILES string of the molecule is CCC(C)(C)C(=O)C(=O)N1CCCC1C(=O)[O-]. The molecule has 0 aromatic rings. The Hall–Kier alpha value is -1.39. The van der Waals surface area contributed by atoms with E-state index in [1.165, 1.54) is 0 Å². The highest BCUT2D eigenvalue weighted by molar-refractivity contribution is 6.38. The summed E-state index contributed by atoms with van der Waals surface area (Å²) in [5, 5.41) is 10.8. The number of carbonyl (C=O) groups excluding carboxylic acids is 3. The van der Waals surface area contributed by atoms with E-state index in [0.717, 1.165) is 4.90 Å². The second-order valence-electron chi connectivity index (χ2n) is 5.04. The van der Waals surface area contributed by atoms with Gasteiger partial charge in [-0.3, -0.25) is 9.59 Å². The van der Waals surface area contributed by atoms with Gasteiger partial charge in [0.1, 0.15) is 0 Å². The van der Waals surface area contributed by atoms with E-state index < -0.39 is 29.1 Å². The molecule has 0 aliphatic carbocycles. The Morgan fingerprint density at radius 3 is 2.41 bits per heavy atom. The average Bonchev–Trinajstić information content (AvgIpc) is 2.75. The van der Waals surface area contributed by atoms with Gasteiger partial charge in [0.05, 0.1) is 12.0 Å². The maximum Gasteiger partial charge on any atom is 0.291 e. The normalized spacial score (nSPS) is 20.4. The van der Waals surface area contributed by atoms with Crippen molar-refractivity contribution in [3.63, 3.8) is 0 Å². The molecule has 0 spiro atoms. The molecule has 1 unspecified atom stereocenters. The topological polar surface area (TPSA) is 77.5 Å². The Labute approximate surface area is 101 Å². The summed E-state index contributed by atoms with van der Waals surface area (Å²) >= 11 is 0. The van der Waals surface area contributed by atoms with Gasteiger partial charge in [0, 0.05) is 12.0 Å². The van der Waals surface area contributed by atoms with Crippen molar-refractivity contribution in [2.75, 3.05) is 6.54 Å². The second kappa shape index (κ2) is 4.85. The highest BCUT2D eigenvalue weighted by Gasteiger charge is 2.38. The third-order valence-corrected chi connectivity index (χ3v) is 3.48. The number of hydrogen-bond acceptors (Lipinski definition) is 4. The molecule has 96 valence electrons. The molecule has 17 heavy (non-hydrogen) atoms. The van der Waals surface area contributed by atoms with E-state index in [1.807, 2.05) is 6.92 Å². The molecule has 1 saturated heterocycles. The van der Waals surface area contributed by atoms with Gasteiger partial charge in [0.25, 0.3) is 5.91 Å². The zero-order chi connectivity index (χ0) is 13.2. The minimum Gasteiger partial charge on any atom is -0.548 e. The molecule has 0 N–H and O–H groups in total. The Morgan fingerprint density at radius 1 is 1.35 bits per heavy atom. The highest BCUT2D eigenvalue weighted by Crippen LogP contribution is 2.25. The van der Waals surface area contributed by atoms with Crippen molar-refractivity contribution in [3.05, 3.63) is 0 Å². The quantitative estimate of drug-likeness (QED) is 0.634. The van der Waals surface area contributed by atoms with E-state index in [9.17, 15) is 19.5 Å². The molecule has 5 nitrogen and oxygen atoms in total. The molecule has 1 rings (SSSR count). The van der Waals surface area contributed by atoms with Crippen LogP contribution in [-0.4, -0.2) is 35.1 Å². The van der Waals surface area contributed by atoms with Crippen LogP contribution >= 0.6 is 0 Å². The number of hydrogen-bond donors (Lipinski definition) is 0. The summed E-state index contributed by atoms with van der Waals surface area (Å²) < 4.78 is 0. The summed E-state index contributed by atoms with van der Waals surface area (Å²) in [7, 11) is 0. The van der Waals surface area contributed by atoms with Crippen LogP contribution in [-0.2, 0) is 14.4 Å². The van der Waals surface area contributed by atoms with Gasteiger partial charge in [0.2, 0.25) is 5.78 Å². The van der Waals surface area contributed by atoms with E-state index in [0.29, 0.717) is 25.8 Å². The number of Topliss-reactive ketones (excluding diaryl/α,β-unsaturated/α-hetero) is 1. The first-order valence-electron chi connectivity index (χ1n) is 5.87. The van der Waals surface area contributed by atoms with Crippen molar-refractivity contribution in [2.24, 2.45) is 5.41 Å². The zero-order valence-corrected chi connectivity index (χ0v) is 10.5. The van der Waals surface area contributed by atoms with Crippen molar-refractivity contribution < 1.29 is 19.5 Å². The monoisotopic (exact) mass is 240 g/mol. The molecule has 0 saturated carbocycles. The third kappa shape index (κ3) is 2.65. The van der Waals surface area contributed by atoms with Crippen molar-refractivity contribution in [1.29, 1.82) is 0 Å². The Morgan fingerprint density at radius 2 is 1.94 bits per heavy atom. The number of carboxylic acids is 1. The summed E-state index contributed by atoms with van der Waals surface area (Å²) in [6, 6.07) is -0.945. The van der Waals surface area contributed by atoms with Gasteiger partial charge in [-0.2, -0.15) is 0 Å². The fourth-order valence-electron chi connectivity index (χ4n) is 1.84. The summed E-state index contributed by atoms with van der Waals surface area (Å²) in [6.45, 7) is 5.53. The van der Waals surface area contributed by atoms with E-state index in [-0.39, 0.29) is 0 Å². The van der Waals surface area contributed by atoms with Crippen LogP contribution in [0.25, 0.3) is 0 Å². The molecular weight excluding hydrogens is 222 g/mol. The molecule has 1 fully saturated rings. The van der Waals surface area contributed by atoms with Crippen LogP contribution < -0.4 is 5.11 Å². The number of amides is 1. The Balaban J connectivity index is 2.83. The summed E-state index contributed by atoms with van der Waals surface area (Å²) in [6.07, 6.45) is 1.51. The minimum absolute atomic E-state index is 0.322. The fourth-order valence-corrected chi connectivity index (χ4v) is 1.84. The summed E-state index contributed by atoms with van der Waals surface area (Å²) in [4.78, 5) is 35.9. The lowest BCUT2D eigenvalue weighted by Crippen LogP contribution is -2.51. The first-order valence-corrected chi connectivity index (χ1v) is 5.87. The van der Waals surface area contributed by atoms with E-state index >= 15 is 0 Å². The van der Waals surface area contributed by atoms with Crippen LogP contribution in [0.15, 0.2) is 0 Å². The predicted molar refractivity (Wildman–Crippen MR) is 58.8 cm³/mol. The molecule has 0 bridgehead atoms. The zero-order valence-electron chi connectivity index (χ0n) is 10.5. The number of carboxylic acid groups (broad SMARTS) is 1. The molecule has 1 atom stereocenters. The van der Waals surface area contributed by atoms with Gasteiger partial charge in [-0.05, 0) is 19.3 Å². The van der Waals surface area contributed by atoms with Gasteiger partial charge >= 0.3 is 0 Å². The van der Waals surface area contributed by atoms with Gasteiger partial charge in [-0.1, -0.05) is 20.8 Å². The number of ketones is 1. The summed E-state index contributed by atoms with van der Waals surface area (Å²) in [5.41, 5.74) is -0.740. The van der Waals surface area contributed by atoms with Crippen LogP contribution in [0.5, 0.6) is 0 Å². The lowest BCUT2D eigenvalue weighted by molar-refractivity contribution is -0.310. The number of aliphatic carboxylic acids is 1. The minimum atomic E-state index is -1.28. The average molecular weight is 240 g/mol. The molecule has 1 amide bonds. The number of likely N-dealkylation sites (tertiary alicyclic amines) is 1. The maximum absolute atomic E-state index is 12.0.